The average molecular weight is 263 g/mol. The molecular formula is C8H13N3O5S. The molecule has 0 aliphatic heterocycles. The Morgan fingerprint density at radius 1 is 1.53 bits per heavy atom. The van der Waals surface area contributed by atoms with Gasteiger partial charge in [-0.05, 0) is 0 Å². The second-order valence-electron chi connectivity index (χ2n) is 3.28. The van der Waals surface area contributed by atoms with Gasteiger partial charge in [-0.25, -0.2) is 13.2 Å². The van der Waals surface area contributed by atoms with E-state index in [9.17, 15) is 18.0 Å². The number of hydrogen-bond donors (Lipinski definition) is 1. The van der Waals surface area contributed by atoms with Crippen LogP contribution in [0, 0.1) is 11.5 Å². The summed E-state index contributed by atoms with van der Waals surface area (Å²) < 4.78 is 26.4. The van der Waals surface area contributed by atoms with Crippen LogP contribution in [-0.4, -0.2) is 57.5 Å². The molecule has 1 atom stereocenters. The molecule has 1 N–H and O–H groups in total. The molecule has 17 heavy (non-hydrogen) atoms. The number of carbonyl (C=O) groups excluding carboxylic acids is 2. The van der Waals surface area contributed by atoms with E-state index in [1.165, 1.54) is 6.19 Å². The third-order valence-corrected chi connectivity index (χ3v) is 2.66. The van der Waals surface area contributed by atoms with Gasteiger partial charge in [-0.2, -0.15) is 5.26 Å². The van der Waals surface area contributed by atoms with Crippen LogP contribution in [0.4, 0.5) is 4.79 Å². The highest BCUT2D eigenvalue weighted by Gasteiger charge is 2.27. The first-order chi connectivity index (χ1) is 7.71. The van der Waals surface area contributed by atoms with Gasteiger partial charge in [0.15, 0.2) is 6.19 Å². The molecule has 8 nitrogen and oxygen atoms in total. The van der Waals surface area contributed by atoms with E-state index in [2.05, 4.69) is 10.1 Å². The summed E-state index contributed by atoms with van der Waals surface area (Å²) in [6.07, 6.45) is 1.49. The second-order valence-corrected chi connectivity index (χ2v) is 5.46. The highest BCUT2D eigenvalue weighted by molar-refractivity contribution is 7.90. The molecule has 0 aromatic rings. The lowest BCUT2D eigenvalue weighted by atomic mass is 10.3. The predicted octanol–water partition coefficient (Wildman–Crippen LogP) is -1.30. The van der Waals surface area contributed by atoms with Crippen LogP contribution in [0.2, 0.25) is 0 Å². The number of hydrogen-bond acceptors (Lipinski definition) is 6. The Bertz CT molecular complexity index is 439. The van der Waals surface area contributed by atoms with Crippen LogP contribution in [-0.2, 0) is 19.4 Å². The summed E-state index contributed by atoms with van der Waals surface area (Å²) >= 11 is 0. The van der Waals surface area contributed by atoms with Gasteiger partial charge < -0.3 is 10.1 Å². The normalized spacial score (nSPS) is 12.1. The van der Waals surface area contributed by atoms with E-state index in [0.717, 1.165) is 20.4 Å². The Morgan fingerprint density at radius 2 is 2.06 bits per heavy atom. The van der Waals surface area contributed by atoms with Gasteiger partial charge in [0.25, 0.3) is 5.91 Å². The van der Waals surface area contributed by atoms with Crippen molar-refractivity contribution in [2.45, 2.75) is 6.04 Å². The number of nitriles is 1. The van der Waals surface area contributed by atoms with E-state index in [1.807, 2.05) is 0 Å². The average Bonchev–Trinajstić information content (AvgIpc) is 2.23. The number of rotatable bonds is 4. The fourth-order valence-corrected chi connectivity index (χ4v) is 1.79. The first-order valence-corrected chi connectivity index (χ1v) is 6.47. The quantitative estimate of drug-likeness (QED) is 0.497. The van der Waals surface area contributed by atoms with Crippen molar-refractivity contribution >= 4 is 21.8 Å². The lowest BCUT2D eigenvalue weighted by molar-refractivity contribution is -0.128. The minimum atomic E-state index is -3.49. The summed E-state index contributed by atoms with van der Waals surface area (Å²) in [5.74, 6) is -1.43. The van der Waals surface area contributed by atoms with Gasteiger partial charge in [-0.15, -0.1) is 0 Å². The maximum Gasteiger partial charge on any atom is 0.407 e. The molecule has 96 valence electrons. The first-order valence-electron chi connectivity index (χ1n) is 4.40. The summed E-state index contributed by atoms with van der Waals surface area (Å²) in [4.78, 5) is 23.1. The molecule has 0 heterocycles. The summed E-state index contributed by atoms with van der Waals surface area (Å²) in [7, 11) is -1.25. The smallest absolute Gasteiger partial charge is 0.407 e. The zero-order valence-electron chi connectivity index (χ0n) is 9.63. The Hall–Kier alpha value is -1.82. The molecule has 9 heteroatoms. The summed E-state index contributed by atoms with van der Waals surface area (Å²) in [5.41, 5.74) is 0. The van der Waals surface area contributed by atoms with Crippen LogP contribution >= 0.6 is 0 Å². The number of alkyl carbamates (subject to hydrolysis) is 1. The van der Waals surface area contributed by atoms with Gasteiger partial charge in [-0.3, -0.25) is 9.69 Å². The van der Waals surface area contributed by atoms with Crippen molar-refractivity contribution in [3.8, 4) is 6.19 Å². The Labute approximate surface area is 99.1 Å². The minimum Gasteiger partial charge on any atom is -0.453 e. The lowest BCUT2D eigenvalue weighted by Gasteiger charge is -2.18. The third-order valence-electron chi connectivity index (χ3n) is 1.73. The zero-order chi connectivity index (χ0) is 13.6. The standard InChI is InChI=1S/C8H13N3O5S/c1-11(5-9)7(12)6(4-17(3,14)15)10-8(13)16-2/h6H,4H2,1-3H3,(H,10,13). The van der Waals surface area contributed by atoms with Gasteiger partial charge in [0, 0.05) is 13.3 Å². The van der Waals surface area contributed by atoms with Crippen LogP contribution in [0.1, 0.15) is 0 Å². The second kappa shape index (κ2) is 6.05. The predicted molar refractivity (Wildman–Crippen MR) is 57.4 cm³/mol. The molecule has 1 unspecified atom stereocenters. The highest BCUT2D eigenvalue weighted by Crippen LogP contribution is 1.97. The summed E-state index contributed by atoms with van der Waals surface area (Å²) in [6, 6.07) is -1.35. The molecular weight excluding hydrogens is 250 g/mol. The van der Waals surface area contributed by atoms with Crippen molar-refractivity contribution < 1.29 is 22.7 Å². The molecule has 0 saturated carbocycles. The van der Waals surface area contributed by atoms with Crippen molar-refractivity contribution in [1.82, 2.24) is 10.2 Å². The van der Waals surface area contributed by atoms with E-state index in [0.29, 0.717) is 4.90 Å². The van der Waals surface area contributed by atoms with Crippen LogP contribution in [0.3, 0.4) is 0 Å². The monoisotopic (exact) mass is 263 g/mol. The number of sulfone groups is 1. The number of carbonyl (C=O) groups is 2. The Morgan fingerprint density at radius 3 is 2.41 bits per heavy atom. The molecule has 0 spiro atoms. The fraction of sp³-hybridized carbons (Fsp3) is 0.625. The van der Waals surface area contributed by atoms with Crippen LogP contribution in [0.5, 0.6) is 0 Å². The molecule has 0 aromatic carbocycles. The SMILES string of the molecule is COC(=O)NC(CS(C)(=O)=O)C(=O)N(C)C#N. The van der Waals surface area contributed by atoms with Gasteiger partial charge in [-0.1, -0.05) is 0 Å². The molecule has 0 radical (unpaired) electrons. The molecule has 0 rings (SSSR count). The van der Waals surface area contributed by atoms with E-state index in [-0.39, 0.29) is 0 Å². The molecule has 2 amide bonds. The molecule has 0 aliphatic carbocycles. The zero-order valence-corrected chi connectivity index (χ0v) is 10.4. The van der Waals surface area contributed by atoms with Crippen LogP contribution < -0.4 is 5.32 Å². The topological polar surface area (TPSA) is 117 Å². The number of methoxy groups -OCH3 is 1. The van der Waals surface area contributed by atoms with Crippen molar-refractivity contribution in [1.29, 1.82) is 5.26 Å². The van der Waals surface area contributed by atoms with Crippen LogP contribution in [0.15, 0.2) is 0 Å². The summed E-state index contributed by atoms with van der Waals surface area (Å²) in [5, 5.41) is 10.6. The largest absolute Gasteiger partial charge is 0.453 e. The van der Waals surface area contributed by atoms with Gasteiger partial charge in [0.1, 0.15) is 15.9 Å². The molecule has 0 fully saturated rings. The van der Waals surface area contributed by atoms with E-state index < -0.39 is 33.6 Å². The Balaban J connectivity index is 4.93. The van der Waals surface area contributed by atoms with Gasteiger partial charge in [0.05, 0.1) is 12.9 Å². The number of nitrogens with one attached hydrogen (secondary N) is 1. The third kappa shape index (κ3) is 5.72. The minimum absolute atomic E-state index is 0.604. The van der Waals surface area contributed by atoms with Crippen LogP contribution in [0.25, 0.3) is 0 Å². The summed E-state index contributed by atoms with van der Waals surface area (Å²) in [6.45, 7) is 0. The number of likely N-dealkylation sites (N-methyl/N-ethyl adjacent to an activating group) is 1. The van der Waals surface area contributed by atoms with Gasteiger partial charge in [0.2, 0.25) is 0 Å². The number of amides is 2. The molecule has 0 bridgehead atoms. The first kappa shape index (κ1) is 15.2. The highest BCUT2D eigenvalue weighted by atomic mass is 32.2. The van der Waals surface area contributed by atoms with Crippen molar-refractivity contribution in [2.24, 2.45) is 0 Å². The molecule has 0 aliphatic rings. The maximum atomic E-state index is 11.6. The van der Waals surface area contributed by atoms with E-state index in [1.54, 1.807) is 0 Å². The maximum absolute atomic E-state index is 11.6. The van der Waals surface area contributed by atoms with Crippen molar-refractivity contribution in [2.75, 3.05) is 26.2 Å². The van der Waals surface area contributed by atoms with Crippen molar-refractivity contribution in [3.05, 3.63) is 0 Å². The van der Waals surface area contributed by atoms with Gasteiger partial charge >= 0.3 is 6.09 Å². The Kier molecular flexibility index (Phi) is 5.40. The molecule has 0 saturated heterocycles. The van der Waals surface area contributed by atoms with Crippen molar-refractivity contribution in [3.63, 3.8) is 0 Å². The molecule has 0 aromatic heterocycles. The fourth-order valence-electron chi connectivity index (χ4n) is 0.962. The number of ether oxygens (including phenoxy) is 1. The lowest BCUT2D eigenvalue weighted by Crippen LogP contribution is -2.49. The number of nitrogens with zero attached hydrogens (tertiary/aromatic N) is 2. The van der Waals surface area contributed by atoms with E-state index >= 15 is 0 Å². The van der Waals surface area contributed by atoms with E-state index in [4.69, 9.17) is 5.26 Å².